The van der Waals surface area contributed by atoms with Crippen molar-refractivity contribution in [3.8, 4) is 0 Å². The van der Waals surface area contributed by atoms with Crippen LogP contribution < -0.4 is 10.9 Å². The molecular weight excluding hydrogens is 276 g/mol. The zero-order valence-electron chi connectivity index (χ0n) is 13.5. The molecular formula is C18H22N2O2. The number of nitrogens with one attached hydrogen (secondary N) is 1. The van der Waals surface area contributed by atoms with Crippen molar-refractivity contribution in [1.29, 1.82) is 0 Å². The Morgan fingerprint density at radius 3 is 2.36 bits per heavy atom. The Labute approximate surface area is 130 Å². The number of benzene rings is 1. The van der Waals surface area contributed by atoms with Crippen molar-refractivity contribution in [1.82, 2.24) is 4.57 Å². The van der Waals surface area contributed by atoms with E-state index in [0.717, 1.165) is 5.69 Å². The molecule has 0 saturated carbocycles. The summed E-state index contributed by atoms with van der Waals surface area (Å²) >= 11 is 0. The van der Waals surface area contributed by atoms with E-state index in [0.29, 0.717) is 5.56 Å². The van der Waals surface area contributed by atoms with Crippen LogP contribution in [0.1, 0.15) is 31.9 Å². The minimum atomic E-state index is -0.212. The molecule has 0 radical (unpaired) electrons. The second kappa shape index (κ2) is 6.18. The molecule has 0 spiro atoms. The SMILES string of the molecule is Cc1cccn(CC(=O)Nc2ccc(C(C)(C)C)cc2)c1=O. The van der Waals surface area contributed by atoms with Gasteiger partial charge in [-0.15, -0.1) is 0 Å². The average Bonchev–Trinajstić information content (AvgIpc) is 2.43. The molecule has 116 valence electrons. The fourth-order valence-electron chi connectivity index (χ4n) is 2.19. The van der Waals surface area contributed by atoms with Crippen LogP contribution in [0.15, 0.2) is 47.4 Å². The largest absolute Gasteiger partial charge is 0.325 e. The molecule has 0 aliphatic heterocycles. The minimum Gasteiger partial charge on any atom is -0.325 e. The predicted molar refractivity (Wildman–Crippen MR) is 89.2 cm³/mol. The van der Waals surface area contributed by atoms with Gasteiger partial charge in [0.15, 0.2) is 0 Å². The summed E-state index contributed by atoms with van der Waals surface area (Å²) in [5, 5.41) is 2.82. The molecule has 1 amide bonds. The number of carbonyl (C=O) groups is 1. The molecule has 1 N–H and O–H groups in total. The zero-order valence-corrected chi connectivity index (χ0v) is 13.5. The highest BCUT2D eigenvalue weighted by Crippen LogP contribution is 2.23. The molecule has 0 unspecified atom stereocenters. The number of nitrogens with zero attached hydrogens (tertiary/aromatic N) is 1. The Hall–Kier alpha value is -2.36. The summed E-state index contributed by atoms with van der Waals surface area (Å²) in [5.74, 6) is -0.212. The third-order valence-corrected chi connectivity index (χ3v) is 3.56. The lowest BCUT2D eigenvalue weighted by molar-refractivity contribution is -0.116. The van der Waals surface area contributed by atoms with Crippen LogP contribution in [0, 0.1) is 6.92 Å². The number of amides is 1. The fourth-order valence-corrected chi connectivity index (χ4v) is 2.19. The first-order valence-electron chi connectivity index (χ1n) is 7.34. The first kappa shape index (κ1) is 16.0. The monoisotopic (exact) mass is 298 g/mol. The van der Waals surface area contributed by atoms with Crippen LogP contribution in [0.2, 0.25) is 0 Å². The maximum absolute atomic E-state index is 12.1. The van der Waals surface area contributed by atoms with Gasteiger partial charge >= 0.3 is 0 Å². The number of carbonyl (C=O) groups excluding carboxylic acids is 1. The predicted octanol–water partition coefficient (Wildman–Crippen LogP) is 3.09. The third kappa shape index (κ3) is 3.85. The van der Waals surface area contributed by atoms with Crippen molar-refractivity contribution in [2.45, 2.75) is 39.7 Å². The van der Waals surface area contributed by atoms with E-state index in [1.807, 2.05) is 24.3 Å². The van der Waals surface area contributed by atoms with Gasteiger partial charge in [0.2, 0.25) is 5.91 Å². The summed E-state index contributed by atoms with van der Waals surface area (Å²) in [5.41, 5.74) is 2.52. The van der Waals surface area contributed by atoms with Gasteiger partial charge in [0.25, 0.3) is 5.56 Å². The van der Waals surface area contributed by atoms with Gasteiger partial charge in [-0.2, -0.15) is 0 Å². The molecule has 0 aliphatic rings. The standard InChI is InChI=1S/C18H22N2O2/c1-13-6-5-11-20(17(13)22)12-16(21)19-15-9-7-14(8-10-15)18(2,3)4/h5-11H,12H2,1-4H3,(H,19,21). The normalized spacial score (nSPS) is 11.3. The van der Waals surface area contributed by atoms with Crippen LogP contribution in [-0.2, 0) is 16.8 Å². The van der Waals surface area contributed by atoms with Crippen molar-refractivity contribution < 1.29 is 4.79 Å². The smallest absolute Gasteiger partial charge is 0.253 e. The molecule has 1 aromatic carbocycles. The van der Waals surface area contributed by atoms with Crippen LogP contribution in [0.5, 0.6) is 0 Å². The Balaban J connectivity index is 2.06. The molecule has 22 heavy (non-hydrogen) atoms. The second-order valence-electron chi connectivity index (χ2n) is 6.50. The molecule has 0 fully saturated rings. The maximum atomic E-state index is 12.1. The lowest BCUT2D eigenvalue weighted by Gasteiger charge is -2.19. The van der Waals surface area contributed by atoms with E-state index in [2.05, 4.69) is 26.1 Å². The van der Waals surface area contributed by atoms with Gasteiger partial charge < -0.3 is 9.88 Å². The topological polar surface area (TPSA) is 51.1 Å². The fraction of sp³-hybridized carbons (Fsp3) is 0.333. The molecule has 0 saturated heterocycles. The number of pyridine rings is 1. The van der Waals surface area contributed by atoms with Gasteiger partial charge in [0.1, 0.15) is 6.54 Å². The number of anilines is 1. The van der Waals surface area contributed by atoms with Crippen LogP contribution in [-0.4, -0.2) is 10.5 Å². The first-order chi connectivity index (χ1) is 10.3. The van der Waals surface area contributed by atoms with E-state index in [1.54, 1.807) is 25.3 Å². The molecule has 2 rings (SSSR count). The highest BCUT2D eigenvalue weighted by Gasteiger charge is 2.13. The van der Waals surface area contributed by atoms with E-state index in [9.17, 15) is 9.59 Å². The highest BCUT2D eigenvalue weighted by atomic mass is 16.2. The number of aromatic nitrogens is 1. The summed E-state index contributed by atoms with van der Waals surface area (Å²) in [4.78, 5) is 24.0. The summed E-state index contributed by atoms with van der Waals surface area (Å²) in [6, 6.07) is 11.3. The third-order valence-electron chi connectivity index (χ3n) is 3.56. The number of hydrogen-bond donors (Lipinski definition) is 1. The Bertz CT molecular complexity index is 722. The summed E-state index contributed by atoms with van der Waals surface area (Å²) in [7, 11) is 0. The van der Waals surface area contributed by atoms with Gasteiger partial charge in [-0.25, -0.2) is 0 Å². The van der Waals surface area contributed by atoms with E-state index < -0.39 is 0 Å². The molecule has 1 heterocycles. The van der Waals surface area contributed by atoms with Crippen molar-refractivity contribution in [3.63, 3.8) is 0 Å². The first-order valence-corrected chi connectivity index (χ1v) is 7.34. The maximum Gasteiger partial charge on any atom is 0.253 e. The van der Waals surface area contributed by atoms with Crippen molar-refractivity contribution in [3.05, 3.63) is 64.1 Å². The Morgan fingerprint density at radius 1 is 1.14 bits per heavy atom. The van der Waals surface area contributed by atoms with E-state index in [1.165, 1.54) is 10.1 Å². The van der Waals surface area contributed by atoms with E-state index in [-0.39, 0.29) is 23.4 Å². The van der Waals surface area contributed by atoms with Gasteiger partial charge in [0, 0.05) is 17.4 Å². The number of hydrogen-bond acceptors (Lipinski definition) is 2. The molecule has 0 bridgehead atoms. The van der Waals surface area contributed by atoms with Gasteiger partial charge in [-0.1, -0.05) is 39.0 Å². The zero-order chi connectivity index (χ0) is 16.3. The molecule has 4 nitrogen and oxygen atoms in total. The summed E-state index contributed by atoms with van der Waals surface area (Å²) < 4.78 is 1.41. The number of aryl methyl sites for hydroxylation is 1. The van der Waals surface area contributed by atoms with Crippen molar-refractivity contribution >= 4 is 11.6 Å². The van der Waals surface area contributed by atoms with Gasteiger partial charge in [0.05, 0.1) is 0 Å². The molecule has 0 aliphatic carbocycles. The molecule has 0 atom stereocenters. The molecule has 1 aromatic heterocycles. The van der Waals surface area contributed by atoms with Gasteiger partial charge in [-0.3, -0.25) is 9.59 Å². The van der Waals surface area contributed by atoms with E-state index >= 15 is 0 Å². The van der Waals surface area contributed by atoms with E-state index in [4.69, 9.17) is 0 Å². The average molecular weight is 298 g/mol. The van der Waals surface area contributed by atoms with Gasteiger partial charge in [-0.05, 0) is 36.1 Å². The van der Waals surface area contributed by atoms with Crippen LogP contribution >= 0.6 is 0 Å². The minimum absolute atomic E-state index is 0.0154. The Morgan fingerprint density at radius 2 is 1.77 bits per heavy atom. The molecule has 2 aromatic rings. The quantitative estimate of drug-likeness (QED) is 0.946. The number of rotatable bonds is 3. The lowest BCUT2D eigenvalue weighted by Crippen LogP contribution is -2.28. The van der Waals surface area contributed by atoms with Crippen LogP contribution in [0.25, 0.3) is 0 Å². The van der Waals surface area contributed by atoms with Crippen molar-refractivity contribution in [2.24, 2.45) is 0 Å². The lowest BCUT2D eigenvalue weighted by atomic mass is 9.87. The van der Waals surface area contributed by atoms with Crippen LogP contribution in [0.3, 0.4) is 0 Å². The second-order valence-corrected chi connectivity index (χ2v) is 6.50. The van der Waals surface area contributed by atoms with Crippen molar-refractivity contribution in [2.75, 3.05) is 5.32 Å². The highest BCUT2D eigenvalue weighted by molar-refractivity contribution is 5.90. The Kier molecular flexibility index (Phi) is 4.50. The van der Waals surface area contributed by atoms with Crippen LogP contribution in [0.4, 0.5) is 5.69 Å². The summed E-state index contributed by atoms with van der Waals surface area (Å²) in [6.07, 6.45) is 1.62. The summed E-state index contributed by atoms with van der Waals surface area (Å²) in [6.45, 7) is 8.18. The molecule has 4 heteroatoms.